The highest BCUT2D eigenvalue weighted by Gasteiger charge is 2.12. The van der Waals surface area contributed by atoms with Gasteiger partial charge < -0.3 is 15.3 Å². The maximum absolute atomic E-state index is 12.7. The minimum atomic E-state index is -0.285. The molecule has 3 N–H and O–H groups in total. The molecule has 0 atom stereocenters. The van der Waals surface area contributed by atoms with Gasteiger partial charge in [-0.2, -0.15) is 4.99 Å². The van der Waals surface area contributed by atoms with E-state index in [9.17, 15) is 4.79 Å². The first-order valence-corrected chi connectivity index (χ1v) is 9.06. The van der Waals surface area contributed by atoms with E-state index in [2.05, 4.69) is 15.0 Å². The van der Waals surface area contributed by atoms with Crippen molar-refractivity contribution in [3.05, 3.63) is 81.9 Å². The van der Waals surface area contributed by atoms with Crippen molar-refractivity contribution in [2.75, 3.05) is 0 Å². The van der Waals surface area contributed by atoms with Crippen LogP contribution in [-0.4, -0.2) is 20.4 Å². The number of rotatable bonds is 4. The van der Waals surface area contributed by atoms with Gasteiger partial charge in [-0.25, -0.2) is 4.98 Å². The number of aromatic nitrogens is 3. The number of pyridine rings is 1. The van der Waals surface area contributed by atoms with Crippen LogP contribution in [0.1, 0.15) is 21.5 Å². The Bertz CT molecular complexity index is 1140. The predicted octanol–water partition coefficient (Wildman–Crippen LogP) is 2.67. The van der Waals surface area contributed by atoms with Gasteiger partial charge in [0.05, 0.1) is 12.1 Å². The minimum Gasteiger partial charge on any atom is -0.345 e. The van der Waals surface area contributed by atoms with Crippen LogP contribution < -0.4 is 10.5 Å². The topological polar surface area (TPSA) is 89.1 Å². The van der Waals surface area contributed by atoms with Crippen LogP contribution in [0, 0.1) is 0 Å². The van der Waals surface area contributed by atoms with Crippen LogP contribution in [0.25, 0.3) is 11.0 Å². The second-order valence-electron chi connectivity index (χ2n) is 5.81. The van der Waals surface area contributed by atoms with Crippen molar-refractivity contribution in [1.29, 1.82) is 0 Å². The normalized spacial score (nSPS) is 12.0. The van der Waals surface area contributed by atoms with Crippen LogP contribution in [-0.2, 0) is 13.1 Å². The molecule has 0 saturated carbocycles. The van der Waals surface area contributed by atoms with Gasteiger partial charge in [0, 0.05) is 35.9 Å². The van der Waals surface area contributed by atoms with Gasteiger partial charge in [0.2, 0.25) is 0 Å². The fourth-order valence-electron chi connectivity index (χ4n) is 2.88. The number of thiazole rings is 1. The quantitative estimate of drug-likeness (QED) is 0.584. The molecule has 3 aromatic heterocycles. The molecule has 130 valence electrons. The zero-order chi connectivity index (χ0) is 17.9. The van der Waals surface area contributed by atoms with Gasteiger partial charge in [0.15, 0.2) is 4.80 Å². The Morgan fingerprint density at radius 2 is 2.08 bits per heavy atom. The summed E-state index contributed by atoms with van der Waals surface area (Å²) in [5.74, 6) is -0.285. The first-order valence-electron chi connectivity index (χ1n) is 8.18. The number of carbonyl (C=O) groups excluding carboxylic acids is 1. The number of benzene rings is 1. The monoisotopic (exact) mass is 363 g/mol. The summed E-state index contributed by atoms with van der Waals surface area (Å²) in [6, 6.07) is 11.7. The van der Waals surface area contributed by atoms with E-state index in [-0.39, 0.29) is 5.91 Å². The van der Waals surface area contributed by atoms with Crippen LogP contribution in [0.3, 0.4) is 0 Å². The molecule has 0 fully saturated rings. The molecule has 0 aliphatic rings. The fourth-order valence-corrected chi connectivity index (χ4v) is 3.61. The lowest BCUT2D eigenvalue weighted by atomic mass is 10.1. The summed E-state index contributed by atoms with van der Waals surface area (Å²) in [5.41, 5.74) is 9.24. The maximum Gasteiger partial charge on any atom is 0.281 e. The lowest BCUT2D eigenvalue weighted by molar-refractivity contribution is 0.0999. The molecule has 0 unspecified atom stereocenters. The summed E-state index contributed by atoms with van der Waals surface area (Å²) >= 11 is 1.43. The molecule has 1 aromatic carbocycles. The SMILES string of the molecule is NCc1ccccc1Cn1ccs/c1=N\C(=O)c1c[nH]c2ncccc12. The van der Waals surface area contributed by atoms with Crippen LogP contribution in [0.5, 0.6) is 0 Å². The number of hydrogen-bond donors (Lipinski definition) is 2. The Balaban J connectivity index is 1.69. The van der Waals surface area contributed by atoms with Gasteiger partial charge in [-0.15, -0.1) is 11.3 Å². The molecule has 3 heterocycles. The summed E-state index contributed by atoms with van der Waals surface area (Å²) in [7, 11) is 0. The number of nitrogens with zero attached hydrogens (tertiary/aromatic N) is 3. The number of H-pyrrole nitrogens is 1. The molecule has 0 aliphatic heterocycles. The highest BCUT2D eigenvalue weighted by atomic mass is 32.1. The number of fused-ring (bicyclic) bond motifs is 1. The Morgan fingerprint density at radius 1 is 1.23 bits per heavy atom. The molecule has 0 spiro atoms. The lowest BCUT2D eigenvalue weighted by Crippen LogP contribution is -2.18. The average molecular weight is 363 g/mol. The van der Waals surface area contributed by atoms with Crippen molar-refractivity contribution < 1.29 is 4.79 Å². The van der Waals surface area contributed by atoms with E-state index in [1.54, 1.807) is 12.4 Å². The standard InChI is InChI=1S/C19H17N5OS/c20-10-13-4-1-2-5-14(13)12-24-8-9-26-19(24)23-18(25)16-11-22-17-15(16)6-3-7-21-17/h1-9,11H,10,12,20H2,(H,21,22)/b23-19-. The second-order valence-corrected chi connectivity index (χ2v) is 6.68. The Labute approximate surface area is 153 Å². The molecule has 0 bridgehead atoms. The molecule has 26 heavy (non-hydrogen) atoms. The summed E-state index contributed by atoms with van der Waals surface area (Å²) in [5, 5.41) is 2.70. The smallest absolute Gasteiger partial charge is 0.281 e. The third kappa shape index (κ3) is 3.10. The molecule has 4 rings (SSSR count). The number of nitrogens with two attached hydrogens (primary N) is 1. The van der Waals surface area contributed by atoms with E-state index < -0.39 is 0 Å². The van der Waals surface area contributed by atoms with Gasteiger partial charge in [-0.05, 0) is 23.3 Å². The van der Waals surface area contributed by atoms with Gasteiger partial charge in [0.25, 0.3) is 5.91 Å². The average Bonchev–Trinajstić information content (AvgIpc) is 3.29. The third-order valence-electron chi connectivity index (χ3n) is 4.22. The first-order chi connectivity index (χ1) is 12.8. The summed E-state index contributed by atoms with van der Waals surface area (Å²) in [6.07, 6.45) is 5.28. The van der Waals surface area contributed by atoms with Crippen molar-refractivity contribution in [3.8, 4) is 0 Å². The number of hydrogen-bond acceptors (Lipinski definition) is 4. The summed E-state index contributed by atoms with van der Waals surface area (Å²) in [4.78, 5) is 24.9. The lowest BCUT2D eigenvalue weighted by Gasteiger charge is -2.08. The molecule has 6 nitrogen and oxygen atoms in total. The van der Waals surface area contributed by atoms with E-state index in [4.69, 9.17) is 5.73 Å². The number of nitrogens with one attached hydrogen (secondary N) is 1. The Hall–Kier alpha value is -3.03. The summed E-state index contributed by atoms with van der Waals surface area (Å²) in [6.45, 7) is 1.10. The van der Waals surface area contributed by atoms with Crippen LogP contribution in [0.4, 0.5) is 0 Å². The molecular formula is C19H17N5OS. The van der Waals surface area contributed by atoms with Crippen molar-refractivity contribution in [1.82, 2.24) is 14.5 Å². The minimum absolute atomic E-state index is 0.285. The highest BCUT2D eigenvalue weighted by molar-refractivity contribution is 7.07. The van der Waals surface area contributed by atoms with E-state index in [1.165, 1.54) is 11.3 Å². The zero-order valence-electron chi connectivity index (χ0n) is 13.9. The largest absolute Gasteiger partial charge is 0.345 e. The van der Waals surface area contributed by atoms with Gasteiger partial charge in [-0.3, -0.25) is 4.79 Å². The molecule has 0 radical (unpaired) electrons. The fraction of sp³-hybridized carbons (Fsp3) is 0.105. The first kappa shape index (κ1) is 16.4. The van der Waals surface area contributed by atoms with E-state index in [1.807, 2.05) is 52.5 Å². The number of amides is 1. The molecule has 1 amide bonds. The molecule has 0 saturated heterocycles. The van der Waals surface area contributed by atoms with E-state index >= 15 is 0 Å². The Kier molecular flexibility index (Phi) is 4.47. The van der Waals surface area contributed by atoms with Gasteiger partial charge >= 0.3 is 0 Å². The second kappa shape index (κ2) is 7.07. The predicted molar refractivity (Wildman–Crippen MR) is 102 cm³/mol. The summed E-state index contributed by atoms with van der Waals surface area (Å²) < 4.78 is 1.96. The van der Waals surface area contributed by atoms with Crippen molar-refractivity contribution in [2.45, 2.75) is 13.1 Å². The number of carbonyl (C=O) groups is 1. The number of aromatic amines is 1. The molecular weight excluding hydrogens is 346 g/mol. The zero-order valence-corrected chi connectivity index (χ0v) is 14.7. The van der Waals surface area contributed by atoms with Gasteiger partial charge in [0.1, 0.15) is 5.65 Å². The van der Waals surface area contributed by atoms with Crippen LogP contribution >= 0.6 is 11.3 Å². The van der Waals surface area contributed by atoms with E-state index in [0.717, 1.165) is 16.5 Å². The molecule has 7 heteroatoms. The van der Waals surface area contributed by atoms with Crippen molar-refractivity contribution in [3.63, 3.8) is 0 Å². The van der Waals surface area contributed by atoms with Gasteiger partial charge in [-0.1, -0.05) is 24.3 Å². The molecule has 0 aliphatic carbocycles. The van der Waals surface area contributed by atoms with Crippen LogP contribution in [0.2, 0.25) is 0 Å². The highest BCUT2D eigenvalue weighted by Crippen LogP contribution is 2.16. The van der Waals surface area contributed by atoms with Crippen molar-refractivity contribution in [2.24, 2.45) is 10.7 Å². The van der Waals surface area contributed by atoms with Crippen molar-refractivity contribution >= 4 is 28.3 Å². The van der Waals surface area contributed by atoms with E-state index in [0.29, 0.717) is 29.1 Å². The van der Waals surface area contributed by atoms with Crippen LogP contribution in [0.15, 0.2) is 65.4 Å². The third-order valence-corrected chi connectivity index (χ3v) is 5.01. The molecule has 4 aromatic rings. The Morgan fingerprint density at radius 3 is 2.92 bits per heavy atom. The maximum atomic E-state index is 12.7.